The molecule has 0 saturated carbocycles. The minimum absolute atomic E-state index is 0.00949. The van der Waals surface area contributed by atoms with E-state index in [1.165, 1.54) is 5.56 Å². The van der Waals surface area contributed by atoms with Crippen molar-refractivity contribution in [3.05, 3.63) is 57.3 Å². The van der Waals surface area contributed by atoms with Crippen molar-refractivity contribution < 1.29 is 9.90 Å². The summed E-state index contributed by atoms with van der Waals surface area (Å²) >= 11 is 1.55. The predicted molar refractivity (Wildman–Crippen MR) is 85.0 cm³/mol. The van der Waals surface area contributed by atoms with Crippen molar-refractivity contribution in [1.82, 2.24) is 5.32 Å². The lowest BCUT2D eigenvalue weighted by atomic mass is 10.1. The number of thiophene rings is 1. The van der Waals surface area contributed by atoms with Gasteiger partial charge in [0.25, 0.3) is 0 Å². The highest BCUT2D eigenvalue weighted by Gasteiger charge is 2.04. The van der Waals surface area contributed by atoms with Crippen LogP contribution in [-0.4, -0.2) is 17.6 Å². The second kappa shape index (κ2) is 7.63. The van der Waals surface area contributed by atoms with Gasteiger partial charge in [-0.15, -0.1) is 11.3 Å². The lowest BCUT2D eigenvalue weighted by Gasteiger charge is -2.04. The summed E-state index contributed by atoms with van der Waals surface area (Å²) in [5.74, 6) is 5.46. The van der Waals surface area contributed by atoms with Crippen LogP contribution in [0.3, 0.4) is 0 Å². The number of amides is 1. The molecule has 0 spiro atoms. The van der Waals surface area contributed by atoms with Crippen LogP contribution in [0.15, 0.2) is 35.7 Å². The molecule has 0 saturated heterocycles. The van der Waals surface area contributed by atoms with E-state index in [-0.39, 0.29) is 12.5 Å². The summed E-state index contributed by atoms with van der Waals surface area (Å²) < 4.78 is 0. The third kappa shape index (κ3) is 5.07. The Bertz CT molecular complexity index is 662. The van der Waals surface area contributed by atoms with Gasteiger partial charge >= 0.3 is 0 Å². The molecule has 108 valence electrons. The maximum absolute atomic E-state index is 11.9. The molecule has 0 bridgehead atoms. The van der Waals surface area contributed by atoms with Crippen molar-refractivity contribution in [3.63, 3.8) is 0 Å². The van der Waals surface area contributed by atoms with Crippen LogP contribution in [0.25, 0.3) is 0 Å². The zero-order valence-electron chi connectivity index (χ0n) is 11.8. The van der Waals surface area contributed by atoms with Crippen LogP contribution < -0.4 is 5.32 Å². The number of carbonyl (C=O) groups excluding carboxylic acids is 1. The van der Waals surface area contributed by atoms with E-state index in [1.54, 1.807) is 11.3 Å². The van der Waals surface area contributed by atoms with E-state index in [2.05, 4.69) is 17.2 Å². The molecule has 0 fully saturated rings. The lowest BCUT2D eigenvalue weighted by Crippen LogP contribution is -2.24. The first-order valence-electron chi connectivity index (χ1n) is 6.67. The molecule has 0 aliphatic carbocycles. The van der Waals surface area contributed by atoms with Gasteiger partial charge in [0.15, 0.2) is 0 Å². The van der Waals surface area contributed by atoms with Crippen LogP contribution in [0.2, 0.25) is 0 Å². The number of carbonyl (C=O) groups is 1. The Morgan fingerprint density at radius 1 is 1.33 bits per heavy atom. The Labute approximate surface area is 128 Å². The van der Waals surface area contributed by atoms with E-state index in [1.807, 2.05) is 42.6 Å². The first-order valence-corrected chi connectivity index (χ1v) is 7.54. The van der Waals surface area contributed by atoms with Gasteiger partial charge in [-0.25, -0.2) is 0 Å². The van der Waals surface area contributed by atoms with Crippen molar-refractivity contribution in [2.75, 3.05) is 6.61 Å². The number of hydrogen-bond donors (Lipinski definition) is 2. The lowest BCUT2D eigenvalue weighted by molar-refractivity contribution is -0.120. The summed E-state index contributed by atoms with van der Waals surface area (Å²) in [6, 6.07) is 9.90. The zero-order valence-corrected chi connectivity index (χ0v) is 12.7. The molecule has 2 N–H and O–H groups in total. The number of aryl methyl sites for hydroxylation is 1. The monoisotopic (exact) mass is 299 g/mol. The fourth-order valence-corrected chi connectivity index (χ4v) is 2.58. The Balaban J connectivity index is 1.83. The molecule has 0 aliphatic rings. The second-order valence-electron chi connectivity index (χ2n) is 4.70. The number of nitrogens with one attached hydrogen (secondary N) is 1. The molecule has 3 nitrogen and oxygen atoms in total. The standard InChI is InChI=1S/C17H17NO2S/c1-13-4-6-14(7-5-13)10-17(20)18-11-16-9-15(12-21-16)3-2-8-19/h4-7,9,12,19H,8,10-11H2,1H3,(H,18,20). The van der Waals surface area contributed by atoms with Crippen molar-refractivity contribution in [1.29, 1.82) is 0 Å². The number of rotatable bonds is 4. The van der Waals surface area contributed by atoms with Crippen molar-refractivity contribution >= 4 is 17.2 Å². The van der Waals surface area contributed by atoms with Gasteiger partial charge in [-0.05, 0) is 18.6 Å². The second-order valence-corrected chi connectivity index (χ2v) is 5.70. The number of benzene rings is 1. The van der Waals surface area contributed by atoms with Crippen LogP contribution >= 0.6 is 11.3 Å². The fraction of sp³-hybridized carbons (Fsp3) is 0.235. The van der Waals surface area contributed by atoms with E-state index in [9.17, 15) is 4.79 Å². The molecule has 2 rings (SSSR count). The normalized spacial score (nSPS) is 9.81. The third-order valence-electron chi connectivity index (χ3n) is 2.91. The number of aliphatic hydroxyl groups is 1. The highest BCUT2D eigenvalue weighted by atomic mass is 32.1. The molecule has 0 atom stereocenters. The molecular formula is C17H17NO2S. The number of aliphatic hydroxyl groups excluding tert-OH is 1. The molecule has 4 heteroatoms. The zero-order chi connectivity index (χ0) is 15.1. The van der Waals surface area contributed by atoms with Gasteiger partial charge in [0, 0.05) is 15.8 Å². The Hall–Kier alpha value is -2.09. The van der Waals surface area contributed by atoms with Crippen LogP contribution in [0.5, 0.6) is 0 Å². The topological polar surface area (TPSA) is 49.3 Å². The fourth-order valence-electron chi connectivity index (χ4n) is 1.82. The summed E-state index contributed by atoms with van der Waals surface area (Å²) in [7, 11) is 0. The van der Waals surface area contributed by atoms with Gasteiger partial charge in [0.2, 0.25) is 5.91 Å². The summed E-state index contributed by atoms with van der Waals surface area (Å²) in [4.78, 5) is 12.9. The number of hydrogen-bond acceptors (Lipinski definition) is 3. The maximum atomic E-state index is 11.9. The molecule has 21 heavy (non-hydrogen) atoms. The van der Waals surface area contributed by atoms with Gasteiger partial charge in [0.1, 0.15) is 6.61 Å². The highest BCUT2D eigenvalue weighted by molar-refractivity contribution is 7.10. The van der Waals surface area contributed by atoms with Crippen molar-refractivity contribution in [2.45, 2.75) is 19.9 Å². The summed E-state index contributed by atoms with van der Waals surface area (Å²) in [6.45, 7) is 2.40. The maximum Gasteiger partial charge on any atom is 0.224 e. The predicted octanol–water partition coefficient (Wildman–Crippen LogP) is 2.26. The van der Waals surface area contributed by atoms with Gasteiger partial charge in [0.05, 0.1) is 13.0 Å². The quantitative estimate of drug-likeness (QED) is 0.851. The molecule has 1 amide bonds. The van der Waals surface area contributed by atoms with E-state index in [0.717, 1.165) is 16.0 Å². The molecule has 0 aliphatic heterocycles. The van der Waals surface area contributed by atoms with Crippen LogP contribution in [0.4, 0.5) is 0 Å². The molecule has 0 unspecified atom stereocenters. The summed E-state index contributed by atoms with van der Waals surface area (Å²) in [6.07, 6.45) is 0.392. The van der Waals surface area contributed by atoms with Crippen LogP contribution in [-0.2, 0) is 17.8 Å². The van der Waals surface area contributed by atoms with Crippen molar-refractivity contribution in [3.8, 4) is 11.8 Å². The third-order valence-corrected chi connectivity index (χ3v) is 3.85. The van der Waals surface area contributed by atoms with E-state index in [0.29, 0.717) is 13.0 Å². The van der Waals surface area contributed by atoms with Gasteiger partial charge < -0.3 is 10.4 Å². The first kappa shape index (κ1) is 15.3. The minimum Gasteiger partial charge on any atom is -0.384 e. The first-order chi connectivity index (χ1) is 10.2. The van der Waals surface area contributed by atoms with Gasteiger partial charge in [-0.1, -0.05) is 41.7 Å². The average molecular weight is 299 g/mol. The van der Waals surface area contributed by atoms with E-state index >= 15 is 0 Å². The average Bonchev–Trinajstić information content (AvgIpc) is 2.93. The Morgan fingerprint density at radius 2 is 2.10 bits per heavy atom. The largest absolute Gasteiger partial charge is 0.384 e. The minimum atomic E-state index is -0.140. The molecule has 0 radical (unpaired) electrons. The van der Waals surface area contributed by atoms with E-state index in [4.69, 9.17) is 5.11 Å². The Morgan fingerprint density at radius 3 is 2.81 bits per heavy atom. The van der Waals surface area contributed by atoms with Gasteiger partial charge in [-0.3, -0.25) is 4.79 Å². The Kier molecular flexibility index (Phi) is 5.56. The SMILES string of the molecule is Cc1ccc(CC(=O)NCc2cc(C#CCO)cs2)cc1. The summed E-state index contributed by atoms with van der Waals surface area (Å²) in [5, 5.41) is 13.5. The van der Waals surface area contributed by atoms with Gasteiger partial charge in [-0.2, -0.15) is 0 Å². The highest BCUT2D eigenvalue weighted by Crippen LogP contribution is 2.13. The van der Waals surface area contributed by atoms with E-state index < -0.39 is 0 Å². The van der Waals surface area contributed by atoms with Crippen molar-refractivity contribution in [2.24, 2.45) is 0 Å². The molecule has 1 heterocycles. The van der Waals surface area contributed by atoms with Crippen LogP contribution in [0.1, 0.15) is 21.6 Å². The van der Waals surface area contributed by atoms with Crippen LogP contribution in [0, 0.1) is 18.8 Å². The summed E-state index contributed by atoms with van der Waals surface area (Å²) in [5.41, 5.74) is 3.07. The molecular weight excluding hydrogens is 282 g/mol. The smallest absolute Gasteiger partial charge is 0.224 e. The molecule has 2 aromatic rings. The molecule has 1 aromatic heterocycles. The molecule has 1 aromatic carbocycles.